The zero-order valence-electron chi connectivity index (χ0n) is 8.09. The van der Waals surface area contributed by atoms with E-state index < -0.39 is 0 Å². The quantitative estimate of drug-likeness (QED) is 0.523. The first-order valence-corrected chi connectivity index (χ1v) is 4.52. The van der Waals surface area contributed by atoms with E-state index in [0.717, 1.165) is 12.6 Å². The van der Waals surface area contributed by atoms with Gasteiger partial charge < -0.3 is 0 Å². The average molecular weight is 153 g/mol. The lowest BCUT2D eigenvalue weighted by atomic mass is 10.0. The lowest BCUT2D eigenvalue weighted by Gasteiger charge is -2.35. The number of rotatable bonds is 1. The Labute approximate surface area is 70.1 Å². The van der Waals surface area contributed by atoms with Gasteiger partial charge in [-0.3, -0.25) is 4.90 Å². The van der Waals surface area contributed by atoms with E-state index in [-0.39, 0.29) is 0 Å². The molecule has 0 amide bonds. The van der Waals surface area contributed by atoms with Gasteiger partial charge in [-0.1, -0.05) is 11.6 Å². The van der Waals surface area contributed by atoms with E-state index in [1.807, 2.05) is 0 Å². The van der Waals surface area contributed by atoms with Gasteiger partial charge in [0.15, 0.2) is 0 Å². The number of nitrogens with zero attached hydrogens (tertiary/aromatic N) is 1. The zero-order chi connectivity index (χ0) is 8.43. The first kappa shape index (κ1) is 8.79. The molecule has 0 aromatic heterocycles. The number of hydrogen-bond donors (Lipinski definition) is 0. The molecule has 0 saturated heterocycles. The molecule has 1 aliphatic rings. The van der Waals surface area contributed by atoms with Gasteiger partial charge in [0.1, 0.15) is 0 Å². The third-order valence-electron chi connectivity index (χ3n) is 2.50. The fourth-order valence-corrected chi connectivity index (χ4v) is 1.83. The van der Waals surface area contributed by atoms with Crippen LogP contribution >= 0.6 is 0 Å². The Bertz CT molecular complexity index is 158. The van der Waals surface area contributed by atoms with Gasteiger partial charge in [0.05, 0.1) is 0 Å². The lowest BCUT2D eigenvalue weighted by molar-refractivity contribution is 0.173. The van der Waals surface area contributed by atoms with Gasteiger partial charge in [0.2, 0.25) is 0 Å². The molecule has 0 bridgehead atoms. The van der Waals surface area contributed by atoms with Crippen LogP contribution in [0.5, 0.6) is 0 Å². The highest BCUT2D eigenvalue weighted by Crippen LogP contribution is 2.18. The van der Waals surface area contributed by atoms with Crippen LogP contribution in [-0.2, 0) is 0 Å². The minimum absolute atomic E-state index is 0.689. The molecule has 1 heterocycles. The van der Waals surface area contributed by atoms with Crippen molar-refractivity contribution < 1.29 is 0 Å². The molecular weight excluding hydrogens is 134 g/mol. The van der Waals surface area contributed by atoms with Crippen LogP contribution in [-0.4, -0.2) is 23.5 Å². The summed E-state index contributed by atoms with van der Waals surface area (Å²) in [6, 6.07) is 1.43. The summed E-state index contributed by atoms with van der Waals surface area (Å²) in [5.41, 5.74) is 1.55. The van der Waals surface area contributed by atoms with Gasteiger partial charge in [0, 0.05) is 18.6 Å². The highest BCUT2D eigenvalue weighted by Gasteiger charge is 2.19. The van der Waals surface area contributed by atoms with Gasteiger partial charge in [-0.05, 0) is 34.1 Å². The van der Waals surface area contributed by atoms with E-state index in [4.69, 9.17) is 0 Å². The Kier molecular flexibility index (Phi) is 2.72. The smallest absolute Gasteiger partial charge is 0.0171 e. The molecule has 0 aromatic carbocycles. The largest absolute Gasteiger partial charge is 0.294 e. The molecule has 0 radical (unpaired) electrons. The second kappa shape index (κ2) is 3.40. The van der Waals surface area contributed by atoms with Crippen LogP contribution in [0.3, 0.4) is 0 Å². The van der Waals surface area contributed by atoms with E-state index in [2.05, 4.69) is 38.7 Å². The van der Waals surface area contributed by atoms with E-state index in [0.29, 0.717) is 6.04 Å². The van der Waals surface area contributed by atoms with Crippen molar-refractivity contribution in [3.05, 3.63) is 11.6 Å². The summed E-state index contributed by atoms with van der Waals surface area (Å²) in [5, 5.41) is 0. The molecule has 1 aliphatic heterocycles. The molecule has 0 aliphatic carbocycles. The van der Waals surface area contributed by atoms with Crippen molar-refractivity contribution in [3.63, 3.8) is 0 Å². The maximum Gasteiger partial charge on any atom is 0.0171 e. The minimum atomic E-state index is 0.689. The topological polar surface area (TPSA) is 3.24 Å². The molecule has 11 heavy (non-hydrogen) atoms. The van der Waals surface area contributed by atoms with Gasteiger partial charge >= 0.3 is 0 Å². The molecule has 0 saturated carbocycles. The fourth-order valence-electron chi connectivity index (χ4n) is 1.83. The normalized spacial score (nSPS) is 27.4. The van der Waals surface area contributed by atoms with Crippen LogP contribution in [0.4, 0.5) is 0 Å². The summed E-state index contributed by atoms with van der Waals surface area (Å²) in [7, 11) is 0. The predicted octanol–water partition coefficient (Wildman–Crippen LogP) is 2.44. The van der Waals surface area contributed by atoms with Gasteiger partial charge in [-0.25, -0.2) is 0 Å². The van der Waals surface area contributed by atoms with Crippen LogP contribution in [0, 0.1) is 0 Å². The van der Waals surface area contributed by atoms with Crippen molar-refractivity contribution in [2.45, 2.75) is 46.2 Å². The summed E-state index contributed by atoms with van der Waals surface area (Å²) < 4.78 is 0. The number of hydrogen-bond acceptors (Lipinski definition) is 1. The van der Waals surface area contributed by atoms with Crippen molar-refractivity contribution >= 4 is 0 Å². The Morgan fingerprint density at radius 1 is 1.55 bits per heavy atom. The molecule has 1 atom stereocenters. The highest BCUT2D eigenvalue weighted by molar-refractivity contribution is 5.06. The molecule has 1 nitrogen and oxygen atoms in total. The summed E-state index contributed by atoms with van der Waals surface area (Å²) in [4.78, 5) is 2.53. The second-order valence-corrected chi connectivity index (χ2v) is 3.89. The van der Waals surface area contributed by atoms with Crippen LogP contribution in [0.1, 0.15) is 34.1 Å². The summed E-state index contributed by atoms with van der Waals surface area (Å²) in [6.07, 6.45) is 3.60. The van der Waals surface area contributed by atoms with Crippen LogP contribution in [0.15, 0.2) is 11.6 Å². The molecule has 64 valence electrons. The monoisotopic (exact) mass is 153 g/mol. The molecule has 0 N–H and O–H groups in total. The Morgan fingerprint density at radius 2 is 2.18 bits per heavy atom. The minimum Gasteiger partial charge on any atom is -0.294 e. The SMILES string of the molecule is CC1=CCN(C(C)C)C(C)C1. The van der Waals surface area contributed by atoms with E-state index in [1.165, 1.54) is 6.42 Å². The van der Waals surface area contributed by atoms with Crippen LogP contribution in [0.2, 0.25) is 0 Å². The summed E-state index contributed by atoms with van der Waals surface area (Å²) in [5.74, 6) is 0. The molecule has 1 rings (SSSR count). The Balaban J connectivity index is 2.58. The first-order chi connectivity index (χ1) is 5.11. The van der Waals surface area contributed by atoms with Crippen molar-refractivity contribution in [2.75, 3.05) is 6.54 Å². The van der Waals surface area contributed by atoms with Crippen molar-refractivity contribution in [1.29, 1.82) is 0 Å². The van der Waals surface area contributed by atoms with Gasteiger partial charge in [0.25, 0.3) is 0 Å². The van der Waals surface area contributed by atoms with E-state index in [9.17, 15) is 0 Å². The summed E-state index contributed by atoms with van der Waals surface area (Å²) >= 11 is 0. The van der Waals surface area contributed by atoms with Crippen molar-refractivity contribution in [2.24, 2.45) is 0 Å². The summed E-state index contributed by atoms with van der Waals surface area (Å²) in [6.45, 7) is 10.2. The van der Waals surface area contributed by atoms with E-state index >= 15 is 0 Å². The molecule has 0 aromatic rings. The van der Waals surface area contributed by atoms with Gasteiger partial charge in [-0.15, -0.1) is 0 Å². The maximum absolute atomic E-state index is 2.53. The zero-order valence-corrected chi connectivity index (χ0v) is 8.09. The van der Waals surface area contributed by atoms with Crippen molar-refractivity contribution in [3.8, 4) is 0 Å². The molecular formula is C10H19N. The molecule has 0 fully saturated rings. The highest BCUT2D eigenvalue weighted by atomic mass is 15.2. The van der Waals surface area contributed by atoms with Crippen LogP contribution in [0.25, 0.3) is 0 Å². The van der Waals surface area contributed by atoms with Gasteiger partial charge in [-0.2, -0.15) is 0 Å². The third-order valence-corrected chi connectivity index (χ3v) is 2.50. The van der Waals surface area contributed by atoms with Crippen LogP contribution < -0.4 is 0 Å². The third kappa shape index (κ3) is 2.06. The molecule has 1 heteroatoms. The second-order valence-electron chi connectivity index (χ2n) is 3.89. The Morgan fingerprint density at radius 3 is 2.64 bits per heavy atom. The molecule has 1 unspecified atom stereocenters. The first-order valence-electron chi connectivity index (χ1n) is 4.52. The Hall–Kier alpha value is -0.300. The molecule has 0 spiro atoms. The fraction of sp³-hybridized carbons (Fsp3) is 0.800. The maximum atomic E-state index is 2.53. The average Bonchev–Trinajstić information content (AvgIpc) is 1.85. The van der Waals surface area contributed by atoms with Crippen molar-refractivity contribution in [1.82, 2.24) is 4.90 Å². The lowest BCUT2D eigenvalue weighted by Crippen LogP contribution is -2.41. The standard InChI is InChI=1S/C10H19N/c1-8(2)11-6-5-9(3)7-10(11)4/h5,8,10H,6-7H2,1-4H3. The van der Waals surface area contributed by atoms with E-state index in [1.54, 1.807) is 5.57 Å². The predicted molar refractivity (Wildman–Crippen MR) is 49.7 cm³/mol.